The van der Waals surface area contributed by atoms with Crippen LogP contribution in [-0.4, -0.2) is 37.9 Å². The molecule has 1 heterocycles. The van der Waals surface area contributed by atoms with E-state index in [0.717, 1.165) is 31.9 Å². The van der Waals surface area contributed by atoms with Crippen molar-refractivity contribution in [2.24, 2.45) is 5.92 Å². The average molecular weight is 250 g/mol. The van der Waals surface area contributed by atoms with Gasteiger partial charge < -0.3 is 20.5 Å². The summed E-state index contributed by atoms with van der Waals surface area (Å²) in [6.45, 7) is 2.49. The molecule has 1 aliphatic rings. The minimum absolute atomic E-state index is 0.217. The lowest BCUT2D eigenvalue weighted by atomic mass is 10.1. The fraction of sp³-hybridized carbons (Fsp3) is 0.462. The molecule has 0 saturated carbocycles. The summed E-state index contributed by atoms with van der Waals surface area (Å²) in [6.07, 6.45) is 1.07. The van der Waals surface area contributed by atoms with Crippen molar-refractivity contribution in [3.63, 3.8) is 0 Å². The third kappa shape index (κ3) is 2.73. The van der Waals surface area contributed by atoms with Gasteiger partial charge in [0.25, 0.3) is 0 Å². The minimum Gasteiger partial charge on any atom is -0.478 e. The fourth-order valence-corrected chi connectivity index (χ4v) is 2.25. The molecular weight excluding hydrogens is 232 g/mol. The number of carbonyl (C=O) groups is 1. The number of rotatable bonds is 4. The van der Waals surface area contributed by atoms with Crippen molar-refractivity contribution in [2.45, 2.75) is 6.42 Å². The number of nitrogens with two attached hydrogens (primary N) is 1. The first kappa shape index (κ1) is 12.7. The van der Waals surface area contributed by atoms with Crippen LogP contribution in [-0.2, 0) is 4.74 Å². The van der Waals surface area contributed by atoms with Gasteiger partial charge >= 0.3 is 5.97 Å². The third-order valence-corrected chi connectivity index (χ3v) is 3.24. The van der Waals surface area contributed by atoms with Gasteiger partial charge in [0.15, 0.2) is 0 Å². The van der Waals surface area contributed by atoms with Crippen LogP contribution in [0.5, 0.6) is 0 Å². The molecule has 0 aliphatic carbocycles. The molecule has 0 bridgehead atoms. The van der Waals surface area contributed by atoms with Gasteiger partial charge in [-0.3, -0.25) is 0 Å². The summed E-state index contributed by atoms with van der Waals surface area (Å²) in [5, 5.41) is 8.88. The number of carboxylic acid groups (broad SMARTS) is 1. The van der Waals surface area contributed by atoms with Crippen LogP contribution in [0.25, 0.3) is 0 Å². The summed E-state index contributed by atoms with van der Waals surface area (Å²) in [5.74, 6) is -0.436. The minimum atomic E-state index is -0.958. The van der Waals surface area contributed by atoms with E-state index in [0.29, 0.717) is 11.6 Å². The molecule has 1 aromatic rings. The van der Waals surface area contributed by atoms with Gasteiger partial charge in [0.05, 0.1) is 23.5 Å². The highest BCUT2D eigenvalue weighted by molar-refractivity contribution is 5.90. The molecule has 0 radical (unpaired) electrons. The molecule has 3 N–H and O–H groups in total. The predicted molar refractivity (Wildman–Crippen MR) is 70.0 cm³/mol. The number of carboxylic acids is 1. The van der Waals surface area contributed by atoms with Crippen molar-refractivity contribution in [2.75, 3.05) is 37.4 Å². The fourth-order valence-electron chi connectivity index (χ4n) is 2.25. The maximum absolute atomic E-state index is 10.8. The van der Waals surface area contributed by atoms with Crippen LogP contribution >= 0.6 is 0 Å². The number of benzene rings is 1. The van der Waals surface area contributed by atoms with Crippen molar-refractivity contribution in [1.82, 2.24) is 0 Å². The van der Waals surface area contributed by atoms with Crippen molar-refractivity contribution in [1.29, 1.82) is 0 Å². The number of ether oxygens (including phenoxy) is 1. The van der Waals surface area contributed by atoms with E-state index >= 15 is 0 Å². The molecule has 1 fully saturated rings. The summed E-state index contributed by atoms with van der Waals surface area (Å²) in [4.78, 5) is 12.9. The Bertz CT molecular complexity index is 442. The van der Waals surface area contributed by atoms with Gasteiger partial charge in [-0.2, -0.15) is 0 Å². The highest BCUT2D eigenvalue weighted by Crippen LogP contribution is 2.25. The Balaban J connectivity index is 2.09. The first-order chi connectivity index (χ1) is 8.58. The number of nitrogens with zero attached hydrogens (tertiary/aromatic N) is 1. The number of aromatic carboxylic acids is 1. The molecule has 0 amide bonds. The number of anilines is 2. The SMILES string of the molecule is CN(CC1CCOC1)c1ccc(C(=O)O)cc1N. The normalized spacial score (nSPS) is 18.8. The van der Waals surface area contributed by atoms with Gasteiger partial charge in [-0.25, -0.2) is 4.79 Å². The Kier molecular flexibility index (Phi) is 3.72. The molecule has 0 spiro atoms. The summed E-state index contributed by atoms with van der Waals surface area (Å²) in [7, 11) is 1.96. The molecule has 1 atom stereocenters. The molecule has 2 rings (SSSR count). The Hall–Kier alpha value is -1.75. The van der Waals surface area contributed by atoms with Crippen LogP contribution in [0, 0.1) is 5.92 Å². The van der Waals surface area contributed by atoms with E-state index in [-0.39, 0.29) is 5.56 Å². The van der Waals surface area contributed by atoms with Gasteiger partial charge in [-0.15, -0.1) is 0 Å². The van der Waals surface area contributed by atoms with Crippen LogP contribution in [0.4, 0.5) is 11.4 Å². The Morgan fingerprint density at radius 1 is 1.61 bits per heavy atom. The maximum Gasteiger partial charge on any atom is 0.335 e. The molecule has 1 aromatic carbocycles. The van der Waals surface area contributed by atoms with Crippen LogP contribution in [0.1, 0.15) is 16.8 Å². The summed E-state index contributed by atoms with van der Waals surface area (Å²) < 4.78 is 5.34. The van der Waals surface area contributed by atoms with Crippen molar-refractivity contribution < 1.29 is 14.6 Å². The predicted octanol–water partition coefficient (Wildman–Crippen LogP) is 1.44. The van der Waals surface area contributed by atoms with Crippen LogP contribution in [0.3, 0.4) is 0 Å². The smallest absolute Gasteiger partial charge is 0.335 e. The number of hydrogen-bond donors (Lipinski definition) is 2. The van der Waals surface area contributed by atoms with E-state index in [1.54, 1.807) is 12.1 Å². The second kappa shape index (κ2) is 5.27. The Labute approximate surface area is 106 Å². The zero-order chi connectivity index (χ0) is 13.1. The van der Waals surface area contributed by atoms with E-state index in [2.05, 4.69) is 4.90 Å². The van der Waals surface area contributed by atoms with Crippen molar-refractivity contribution >= 4 is 17.3 Å². The molecular formula is C13H18N2O3. The average Bonchev–Trinajstić information content (AvgIpc) is 2.81. The lowest BCUT2D eigenvalue weighted by Gasteiger charge is -2.24. The second-order valence-corrected chi connectivity index (χ2v) is 4.69. The standard InChI is InChI=1S/C13H18N2O3/c1-15(7-9-4-5-18-8-9)12-3-2-10(13(16)17)6-11(12)14/h2-3,6,9H,4-5,7-8,14H2,1H3,(H,16,17). The van der Waals surface area contributed by atoms with Gasteiger partial charge in [-0.1, -0.05) is 0 Å². The highest BCUT2D eigenvalue weighted by Gasteiger charge is 2.18. The van der Waals surface area contributed by atoms with E-state index < -0.39 is 5.97 Å². The molecule has 98 valence electrons. The highest BCUT2D eigenvalue weighted by atomic mass is 16.5. The summed E-state index contributed by atoms with van der Waals surface area (Å²) in [5.41, 5.74) is 7.48. The first-order valence-electron chi connectivity index (χ1n) is 5.99. The van der Waals surface area contributed by atoms with E-state index in [1.807, 2.05) is 7.05 Å². The largest absolute Gasteiger partial charge is 0.478 e. The number of nitrogen functional groups attached to an aromatic ring is 1. The third-order valence-electron chi connectivity index (χ3n) is 3.24. The number of hydrogen-bond acceptors (Lipinski definition) is 4. The van der Waals surface area contributed by atoms with Gasteiger partial charge in [0, 0.05) is 26.1 Å². The summed E-state index contributed by atoms with van der Waals surface area (Å²) in [6, 6.07) is 4.84. The molecule has 1 aliphatic heterocycles. The summed E-state index contributed by atoms with van der Waals surface area (Å²) >= 11 is 0. The zero-order valence-electron chi connectivity index (χ0n) is 10.4. The Morgan fingerprint density at radius 2 is 2.39 bits per heavy atom. The molecule has 0 aromatic heterocycles. The monoisotopic (exact) mass is 250 g/mol. The molecule has 5 nitrogen and oxygen atoms in total. The topological polar surface area (TPSA) is 75.8 Å². The van der Waals surface area contributed by atoms with E-state index in [4.69, 9.17) is 15.6 Å². The van der Waals surface area contributed by atoms with Crippen LogP contribution < -0.4 is 10.6 Å². The zero-order valence-corrected chi connectivity index (χ0v) is 10.4. The van der Waals surface area contributed by atoms with Crippen molar-refractivity contribution in [3.8, 4) is 0 Å². The van der Waals surface area contributed by atoms with Crippen LogP contribution in [0.2, 0.25) is 0 Å². The molecule has 1 saturated heterocycles. The van der Waals surface area contributed by atoms with Gasteiger partial charge in [0.2, 0.25) is 0 Å². The van der Waals surface area contributed by atoms with E-state index in [1.165, 1.54) is 6.07 Å². The maximum atomic E-state index is 10.8. The van der Waals surface area contributed by atoms with Crippen molar-refractivity contribution in [3.05, 3.63) is 23.8 Å². The quantitative estimate of drug-likeness (QED) is 0.791. The van der Waals surface area contributed by atoms with Gasteiger partial charge in [-0.05, 0) is 24.6 Å². The molecule has 5 heteroatoms. The van der Waals surface area contributed by atoms with Crippen LogP contribution in [0.15, 0.2) is 18.2 Å². The lowest BCUT2D eigenvalue weighted by molar-refractivity contribution is 0.0697. The molecule has 18 heavy (non-hydrogen) atoms. The Morgan fingerprint density at radius 3 is 2.94 bits per heavy atom. The lowest BCUT2D eigenvalue weighted by Crippen LogP contribution is -2.26. The van der Waals surface area contributed by atoms with E-state index in [9.17, 15) is 4.79 Å². The molecule has 1 unspecified atom stereocenters. The first-order valence-corrected chi connectivity index (χ1v) is 5.99. The second-order valence-electron chi connectivity index (χ2n) is 4.69. The van der Waals surface area contributed by atoms with Gasteiger partial charge in [0.1, 0.15) is 0 Å².